The number of aromatic nitrogens is 2. The molecular formula is C16H24N2O2S. The van der Waals surface area contributed by atoms with Crippen molar-refractivity contribution in [2.24, 2.45) is 5.92 Å². The van der Waals surface area contributed by atoms with E-state index in [-0.39, 0.29) is 11.5 Å². The molecule has 2 fully saturated rings. The number of aryl methyl sites for hydroxylation is 2. The van der Waals surface area contributed by atoms with Crippen molar-refractivity contribution in [1.29, 1.82) is 0 Å². The molecule has 1 aromatic rings. The van der Waals surface area contributed by atoms with Gasteiger partial charge in [0.15, 0.2) is 0 Å². The number of thioether (sulfide) groups is 1. The Bertz CT molecular complexity index is 503. The lowest BCUT2D eigenvalue weighted by Crippen LogP contribution is -2.41. The summed E-state index contributed by atoms with van der Waals surface area (Å²) in [6.45, 7) is 4.76. The highest BCUT2D eigenvalue weighted by Crippen LogP contribution is 2.44. The molecule has 0 aromatic carbocycles. The van der Waals surface area contributed by atoms with E-state index in [1.807, 2.05) is 24.8 Å². The quantitative estimate of drug-likeness (QED) is 0.930. The molecule has 116 valence electrons. The molecule has 0 saturated carbocycles. The lowest BCUT2D eigenvalue weighted by molar-refractivity contribution is -0.102. The van der Waals surface area contributed by atoms with Crippen LogP contribution in [0.5, 0.6) is 0 Å². The molecule has 21 heavy (non-hydrogen) atoms. The zero-order valence-electron chi connectivity index (χ0n) is 12.8. The summed E-state index contributed by atoms with van der Waals surface area (Å²) >= 11 is 1.97. The molecule has 2 aliphatic rings. The molecule has 0 radical (unpaired) electrons. The van der Waals surface area contributed by atoms with Crippen LogP contribution < -0.4 is 0 Å². The molecule has 1 spiro atoms. The molecule has 0 amide bonds. The number of aliphatic hydroxyl groups is 1. The van der Waals surface area contributed by atoms with Gasteiger partial charge in [0.05, 0.1) is 23.1 Å². The highest BCUT2D eigenvalue weighted by molar-refractivity contribution is 7.99. The minimum atomic E-state index is -0.444. The number of rotatable bonds is 3. The first-order valence-electron chi connectivity index (χ1n) is 7.86. The molecule has 0 aliphatic carbocycles. The van der Waals surface area contributed by atoms with E-state index in [0.717, 1.165) is 55.0 Å². The highest BCUT2D eigenvalue weighted by atomic mass is 32.2. The summed E-state index contributed by atoms with van der Waals surface area (Å²) in [5.74, 6) is 2.52. The number of nitrogens with zero attached hydrogens (tertiary/aromatic N) is 2. The van der Waals surface area contributed by atoms with E-state index < -0.39 is 6.10 Å². The Morgan fingerprint density at radius 1 is 1.52 bits per heavy atom. The third-order valence-electron chi connectivity index (χ3n) is 4.72. The molecule has 4 nitrogen and oxygen atoms in total. The van der Waals surface area contributed by atoms with Crippen LogP contribution >= 0.6 is 11.8 Å². The van der Waals surface area contributed by atoms with Crippen LogP contribution in [-0.2, 0) is 11.2 Å². The maximum absolute atomic E-state index is 10.9. The van der Waals surface area contributed by atoms with Gasteiger partial charge in [0.1, 0.15) is 0 Å². The second-order valence-corrected chi connectivity index (χ2v) is 7.38. The van der Waals surface area contributed by atoms with Gasteiger partial charge in [-0.1, -0.05) is 6.92 Å². The van der Waals surface area contributed by atoms with Crippen molar-refractivity contribution in [3.63, 3.8) is 0 Å². The molecule has 3 heterocycles. The zero-order valence-corrected chi connectivity index (χ0v) is 13.7. The van der Waals surface area contributed by atoms with Crippen LogP contribution in [0.1, 0.15) is 49.2 Å². The number of hydrogen-bond acceptors (Lipinski definition) is 5. The SMILES string of the molecule is CCc1nnc(C)cc1C(O)C1CCOC2(CCSC2)C1. The number of ether oxygens (including phenoxy) is 1. The Hall–Kier alpha value is -0.650. The van der Waals surface area contributed by atoms with E-state index in [1.54, 1.807) is 0 Å². The first-order chi connectivity index (χ1) is 10.1. The third-order valence-corrected chi connectivity index (χ3v) is 5.95. The van der Waals surface area contributed by atoms with Gasteiger partial charge in [-0.15, -0.1) is 0 Å². The lowest BCUT2D eigenvalue weighted by atomic mass is 9.80. The topological polar surface area (TPSA) is 55.2 Å². The lowest BCUT2D eigenvalue weighted by Gasteiger charge is -2.39. The first-order valence-corrected chi connectivity index (χ1v) is 9.02. The van der Waals surface area contributed by atoms with Gasteiger partial charge in [0.25, 0.3) is 0 Å². The molecular weight excluding hydrogens is 284 g/mol. The molecule has 3 unspecified atom stereocenters. The minimum Gasteiger partial charge on any atom is -0.388 e. The predicted octanol–water partition coefficient (Wildman–Crippen LogP) is 2.68. The molecule has 1 aromatic heterocycles. The summed E-state index contributed by atoms with van der Waals surface area (Å²) in [7, 11) is 0. The van der Waals surface area contributed by atoms with Gasteiger partial charge in [0.2, 0.25) is 0 Å². The van der Waals surface area contributed by atoms with Crippen molar-refractivity contribution in [3.8, 4) is 0 Å². The van der Waals surface area contributed by atoms with Crippen molar-refractivity contribution < 1.29 is 9.84 Å². The minimum absolute atomic E-state index is 0.0104. The van der Waals surface area contributed by atoms with E-state index in [0.29, 0.717) is 0 Å². The largest absolute Gasteiger partial charge is 0.388 e. The Balaban J connectivity index is 1.81. The van der Waals surface area contributed by atoms with Gasteiger partial charge in [-0.25, -0.2) is 0 Å². The van der Waals surface area contributed by atoms with Crippen LogP contribution in [0.15, 0.2) is 6.07 Å². The molecule has 3 atom stereocenters. The summed E-state index contributed by atoms with van der Waals surface area (Å²) in [6.07, 6.45) is 3.38. The van der Waals surface area contributed by atoms with Crippen molar-refractivity contribution in [1.82, 2.24) is 10.2 Å². The Morgan fingerprint density at radius 3 is 3.10 bits per heavy atom. The summed E-state index contributed by atoms with van der Waals surface area (Å²) in [5.41, 5.74) is 2.78. The second-order valence-electron chi connectivity index (χ2n) is 6.27. The van der Waals surface area contributed by atoms with Gasteiger partial charge < -0.3 is 9.84 Å². The van der Waals surface area contributed by atoms with Crippen molar-refractivity contribution in [3.05, 3.63) is 23.0 Å². The second kappa shape index (κ2) is 6.23. The monoisotopic (exact) mass is 308 g/mol. The predicted molar refractivity (Wildman–Crippen MR) is 84.5 cm³/mol. The molecule has 1 N–H and O–H groups in total. The molecule has 0 bridgehead atoms. The van der Waals surface area contributed by atoms with Crippen LogP contribution in [0.3, 0.4) is 0 Å². The number of hydrogen-bond donors (Lipinski definition) is 1. The van der Waals surface area contributed by atoms with Crippen molar-refractivity contribution in [2.45, 2.75) is 51.2 Å². The van der Waals surface area contributed by atoms with Crippen LogP contribution in [0.4, 0.5) is 0 Å². The third kappa shape index (κ3) is 3.10. The maximum atomic E-state index is 10.9. The average Bonchev–Trinajstić information content (AvgIpc) is 2.94. The van der Waals surface area contributed by atoms with Gasteiger partial charge in [-0.3, -0.25) is 0 Å². The highest BCUT2D eigenvalue weighted by Gasteiger charge is 2.42. The summed E-state index contributed by atoms with van der Waals surface area (Å²) in [5, 5.41) is 19.3. The van der Waals surface area contributed by atoms with Crippen LogP contribution in [0.2, 0.25) is 0 Å². The standard InChI is InChI=1S/C16H24N2O2S/c1-3-14-13(8-11(2)17-18-14)15(19)12-4-6-20-16(9-12)5-7-21-10-16/h8,12,15,19H,3-7,9-10H2,1-2H3. The van der Waals surface area contributed by atoms with E-state index in [4.69, 9.17) is 4.74 Å². The molecule has 2 saturated heterocycles. The Kier molecular flexibility index (Phi) is 4.52. The Labute approximate surface area is 130 Å². The summed E-state index contributed by atoms with van der Waals surface area (Å²) in [6, 6.07) is 2.00. The van der Waals surface area contributed by atoms with Crippen molar-refractivity contribution >= 4 is 11.8 Å². The van der Waals surface area contributed by atoms with Gasteiger partial charge in [-0.2, -0.15) is 22.0 Å². The van der Waals surface area contributed by atoms with E-state index in [9.17, 15) is 5.11 Å². The molecule has 5 heteroatoms. The number of aliphatic hydroxyl groups excluding tert-OH is 1. The van der Waals surface area contributed by atoms with Crippen LogP contribution in [0.25, 0.3) is 0 Å². The summed E-state index contributed by atoms with van der Waals surface area (Å²) in [4.78, 5) is 0. The van der Waals surface area contributed by atoms with Gasteiger partial charge in [-0.05, 0) is 50.3 Å². The Morgan fingerprint density at radius 2 is 2.38 bits per heavy atom. The van der Waals surface area contributed by atoms with Gasteiger partial charge >= 0.3 is 0 Å². The smallest absolute Gasteiger partial charge is 0.0839 e. The fourth-order valence-corrected chi connectivity index (χ4v) is 4.90. The molecule has 3 rings (SSSR count). The first kappa shape index (κ1) is 15.3. The van der Waals surface area contributed by atoms with E-state index in [2.05, 4.69) is 17.1 Å². The fraction of sp³-hybridized carbons (Fsp3) is 0.750. The average molecular weight is 308 g/mol. The molecule has 2 aliphatic heterocycles. The van der Waals surface area contributed by atoms with Crippen LogP contribution in [0, 0.1) is 12.8 Å². The van der Waals surface area contributed by atoms with Gasteiger partial charge in [0, 0.05) is 17.9 Å². The van der Waals surface area contributed by atoms with Crippen molar-refractivity contribution in [2.75, 3.05) is 18.1 Å². The fourth-order valence-electron chi connectivity index (χ4n) is 3.52. The normalized spacial score (nSPS) is 30.7. The van der Waals surface area contributed by atoms with E-state index in [1.165, 1.54) is 5.75 Å². The maximum Gasteiger partial charge on any atom is 0.0839 e. The van der Waals surface area contributed by atoms with Crippen LogP contribution in [-0.4, -0.2) is 39.0 Å². The van der Waals surface area contributed by atoms with E-state index >= 15 is 0 Å². The summed E-state index contributed by atoms with van der Waals surface area (Å²) < 4.78 is 6.06. The zero-order chi connectivity index (χ0) is 14.9.